The molecule has 1 unspecified atom stereocenters. The van der Waals surface area contributed by atoms with E-state index in [1.165, 1.54) is 15.5 Å². The van der Waals surface area contributed by atoms with Crippen molar-refractivity contribution in [2.75, 3.05) is 20.8 Å². The first-order valence-electron chi connectivity index (χ1n) is 3.56. The Kier molecular flexibility index (Phi) is 5.91. The van der Waals surface area contributed by atoms with Crippen molar-refractivity contribution in [1.82, 2.24) is 5.23 Å². The van der Waals surface area contributed by atoms with Gasteiger partial charge in [-0.15, -0.1) is 0 Å². The topological polar surface area (TPSA) is 21.7 Å². The first kappa shape index (κ1) is 10.1. The summed E-state index contributed by atoms with van der Waals surface area (Å²) in [5, 5.41) is 1.49. The summed E-state index contributed by atoms with van der Waals surface area (Å²) in [6.07, 6.45) is 1.15. The van der Waals surface area contributed by atoms with Crippen LogP contribution in [0.25, 0.3) is 0 Å². The highest BCUT2D eigenvalue weighted by atomic mass is 28.1. The molecule has 62 valence electrons. The van der Waals surface area contributed by atoms with Gasteiger partial charge in [0.25, 0.3) is 0 Å². The van der Waals surface area contributed by atoms with Gasteiger partial charge >= 0.3 is 0 Å². The first-order chi connectivity index (χ1) is 4.70. The Morgan fingerprint density at radius 2 is 1.90 bits per heavy atom. The van der Waals surface area contributed by atoms with E-state index in [0.29, 0.717) is 0 Å². The van der Waals surface area contributed by atoms with E-state index in [2.05, 4.69) is 6.92 Å². The van der Waals surface area contributed by atoms with Crippen LogP contribution in [0, 0.1) is 0 Å². The zero-order valence-corrected chi connectivity index (χ0v) is 9.26. The highest BCUT2D eigenvalue weighted by Gasteiger charge is 2.01. The second-order valence-electron chi connectivity index (χ2n) is 2.60. The van der Waals surface area contributed by atoms with Gasteiger partial charge in [-0.3, -0.25) is 9.68 Å². The first-order valence-corrected chi connectivity index (χ1v) is 4.72. The van der Waals surface area contributed by atoms with Gasteiger partial charge in [-0.2, -0.15) is 0 Å². The van der Waals surface area contributed by atoms with Gasteiger partial charge in [-0.05, 0) is 6.42 Å². The minimum Gasteiger partial charge on any atom is -0.278 e. The lowest BCUT2D eigenvalue weighted by atomic mass is 10.3. The van der Waals surface area contributed by atoms with E-state index in [0.717, 1.165) is 18.5 Å². The quantitative estimate of drug-likeness (QED) is 0.420. The van der Waals surface area contributed by atoms with Crippen molar-refractivity contribution in [3.63, 3.8) is 0 Å². The molecule has 0 aromatic rings. The summed E-state index contributed by atoms with van der Waals surface area (Å²) >= 11 is 0. The number of rotatable bonds is 5. The van der Waals surface area contributed by atoms with Gasteiger partial charge in [-0.25, -0.2) is 0 Å². The molecule has 4 heteroatoms. The Balaban J connectivity index is 3.26. The molecule has 0 amide bonds. The number of hydroxylamine groups is 2. The molecule has 3 nitrogen and oxygen atoms in total. The van der Waals surface area contributed by atoms with Crippen LogP contribution >= 0.6 is 0 Å². The van der Waals surface area contributed by atoms with Crippen molar-refractivity contribution >= 4 is 10.2 Å². The molecular weight excluding hydrogens is 146 g/mol. The van der Waals surface area contributed by atoms with Crippen LogP contribution in [0.4, 0.5) is 0 Å². The summed E-state index contributed by atoms with van der Waals surface area (Å²) in [6, 6.07) is 0. The van der Waals surface area contributed by atoms with Crippen molar-refractivity contribution in [2.45, 2.75) is 18.9 Å². The molecule has 0 aliphatic rings. The van der Waals surface area contributed by atoms with E-state index in [9.17, 15) is 0 Å². The molecule has 1 atom stereocenters. The molecule has 0 saturated carbocycles. The lowest BCUT2D eigenvalue weighted by molar-refractivity contribution is -0.342. The molecule has 0 saturated heterocycles. The van der Waals surface area contributed by atoms with Crippen molar-refractivity contribution < 1.29 is 9.68 Å². The van der Waals surface area contributed by atoms with Gasteiger partial charge in [0.05, 0.1) is 20.8 Å². The largest absolute Gasteiger partial charge is 0.278 e. The predicted octanol–water partition coefficient (Wildman–Crippen LogP) is -0.0249. The Morgan fingerprint density at radius 1 is 1.40 bits per heavy atom. The average Bonchev–Trinajstić information content (AvgIpc) is 1.90. The van der Waals surface area contributed by atoms with E-state index in [1.807, 2.05) is 0 Å². The summed E-state index contributed by atoms with van der Waals surface area (Å²) in [7, 11) is 4.47. The predicted molar refractivity (Wildman–Crippen MR) is 44.7 cm³/mol. The van der Waals surface area contributed by atoms with Crippen LogP contribution in [0.15, 0.2) is 0 Å². The van der Waals surface area contributed by atoms with Crippen LogP contribution in [0.5, 0.6) is 0 Å². The summed E-state index contributed by atoms with van der Waals surface area (Å²) in [5.41, 5.74) is 0.827. The lowest BCUT2D eigenvalue weighted by Crippen LogP contribution is -2.22. The van der Waals surface area contributed by atoms with Crippen LogP contribution in [-0.4, -0.2) is 36.2 Å². The minimum absolute atomic E-state index is 0.827. The zero-order valence-electron chi connectivity index (χ0n) is 7.26. The molecule has 0 aliphatic carbocycles. The van der Waals surface area contributed by atoms with E-state index in [1.54, 1.807) is 14.2 Å². The minimum atomic E-state index is 0.827. The molecule has 0 bridgehead atoms. The Labute approximate surface area is 65.6 Å². The fourth-order valence-electron chi connectivity index (χ4n) is 0.621. The fourth-order valence-corrected chi connectivity index (χ4v) is 0.879. The van der Waals surface area contributed by atoms with Crippen LogP contribution in [0.1, 0.15) is 13.3 Å². The van der Waals surface area contributed by atoms with Crippen molar-refractivity contribution in [3.8, 4) is 0 Å². The maximum atomic E-state index is 4.88. The molecule has 0 spiro atoms. The van der Waals surface area contributed by atoms with Crippen LogP contribution < -0.4 is 0 Å². The maximum absolute atomic E-state index is 4.88. The van der Waals surface area contributed by atoms with E-state index in [4.69, 9.17) is 9.68 Å². The third kappa shape index (κ3) is 4.93. The van der Waals surface area contributed by atoms with Gasteiger partial charge in [0, 0.05) is 10.2 Å². The van der Waals surface area contributed by atoms with Crippen molar-refractivity contribution in [1.29, 1.82) is 0 Å². The molecule has 0 N–H and O–H groups in total. The highest BCUT2D eigenvalue weighted by molar-refractivity contribution is 6.11. The molecule has 0 aromatic carbocycles. The van der Waals surface area contributed by atoms with E-state index >= 15 is 0 Å². The summed E-state index contributed by atoms with van der Waals surface area (Å²) in [6.45, 7) is 3.09. The highest BCUT2D eigenvalue weighted by Crippen LogP contribution is 2.04. The molecule has 0 aliphatic heterocycles. The monoisotopic (exact) mass is 163 g/mol. The van der Waals surface area contributed by atoms with E-state index < -0.39 is 0 Å². The molecule has 0 heterocycles. The number of nitrogens with zero attached hydrogens (tertiary/aromatic N) is 1. The molecule has 0 fully saturated rings. The molecule has 0 radical (unpaired) electrons. The maximum Gasteiger partial charge on any atom is 0.0601 e. The van der Waals surface area contributed by atoms with Gasteiger partial charge < -0.3 is 0 Å². The van der Waals surface area contributed by atoms with Crippen LogP contribution in [0.3, 0.4) is 0 Å². The van der Waals surface area contributed by atoms with Gasteiger partial charge in [0.1, 0.15) is 0 Å². The second-order valence-corrected chi connectivity index (χ2v) is 4.58. The Bertz CT molecular complexity index is 76.1. The SMILES string of the molecule is CON(CCC(C)[SiH3])OC. The van der Waals surface area contributed by atoms with Gasteiger partial charge in [0.15, 0.2) is 0 Å². The molecule has 10 heavy (non-hydrogen) atoms. The molecule has 0 rings (SSSR count). The third-order valence-electron chi connectivity index (χ3n) is 1.30. The molecule has 0 aromatic heterocycles. The van der Waals surface area contributed by atoms with Gasteiger partial charge in [-0.1, -0.05) is 17.7 Å². The third-order valence-corrected chi connectivity index (χ3v) is 1.87. The Hall–Kier alpha value is 0.0969. The summed E-state index contributed by atoms with van der Waals surface area (Å²) < 4.78 is 0. The summed E-state index contributed by atoms with van der Waals surface area (Å²) in [4.78, 5) is 9.75. The standard InChI is InChI=1S/C6H17NO2Si/c1-6(10)4-5-7(8-2)9-3/h6H,4-5H2,1-3,10H3. The van der Waals surface area contributed by atoms with Crippen LogP contribution in [-0.2, 0) is 9.68 Å². The van der Waals surface area contributed by atoms with Gasteiger partial charge in [0.2, 0.25) is 0 Å². The Morgan fingerprint density at radius 3 is 2.20 bits per heavy atom. The van der Waals surface area contributed by atoms with E-state index in [-0.39, 0.29) is 0 Å². The second kappa shape index (κ2) is 5.85. The van der Waals surface area contributed by atoms with Crippen molar-refractivity contribution in [2.24, 2.45) is 0 Å². The normalized spacial score (nSPS) is 14.4. The van der Waals surface area contributed by atoms with Crippen molar-refractivity contribution in [3.05, 3.63) is 0 Å². The number of hydrogen-bond donors (Lipinski definition) is 0. The summed E-state index contributed by atoms with van der Waals surface area (Å²) in [5.74, 6) is 0. The zero-order chi connectivity index (χ0) is 7.98. The average molecular weight is 163 g/mol. The van der Waals surface area contributed by atoms with Crippen LogP contribution in [0.2, 0.25) is 5.54 Å². The molecular formula is C6H17NO2Si. The number of hydrogen-bond acceptors (Lipinski definition) is 3. The smallest absolute Gasteiger partial charge is 0.0601 e. The lowest BCUT2D eigenvalue weighted by Gasteiger charge is -2.16. The fraction of sp³-hybridized carbons (Fsp3) is 1.00.